The molecular weight excluding hydrogens is 388 g/mol. The van der Waals surface area contributed by atoms with Crippen molar-refractivity contribution in [2.45, 2.75) is 39.2 Å². The standard InChI is InChI=1S/C26H30N2OS/c1-19(2)26(29)27-24-6-3-5-23(17-24)21-12-14-28(15-13-21)18-20-8-10-22(11-9-20)25-7-4-16-30-25/h3-11,16-17,19,21H,12-15,18H2,1-2H3,(H,27,29). The molecule has 0 spiro atoms. The van der Waals surface area contributed by atoms with Gasteiger partial charge in [-0.3, -0.25) is 9.69 Å². The van der Waals surface area contributed by atoms with Gasteiger partial charge in [-0.1, -0.05) is 56.3 Å². The Labute approximate surface area is 183 Å². The monoisotopic (exact) mass is 418 g/mol. The smallest absolute Gasteiger partial charge is 0.226 e. The first kappa shape index (κ1) is 20.8. The number of amides is 1. The van der Waals surface area contributed by atoms with Gasteiger partial charge in [-0.15, -0.1) is 11.3 Å². The van der Waals surface area contributed by atoms with E-state index in [4.69, 9.17) is 0 Å². The second kappa shape index (κ2) is 9.59. The summed E-state index contributed by atoms with van der Waals surface area (Å²) in [6.07, 6.45) is 2.32. The molecule has 0 atom stereocenters. The van der Waals surface area contributed by atoms with Crippen LogP contribution in [0.4, 0.5) is 5.69 Å². The molecule has 30 heavy (non-hydrogen) atoms. The fourth-order valence-corrected chi connectivity index (χ4v) is 4.79. The molecule has 156 valence electrons. The Morgan fingerprint density at radius 3 is 2.50 bits per heavy atom. The maximum Gasteiger partial charge on any atom is 0.226 e. The van der Waals surface area contributed by atoms with Crippen molar-refractivity contribution in [3.63, 3.8) is 0 Å². The Hall–Kier alpha value is -2.43. The number of carbonyl (C=O) groups is 1. The van der Waals surface area contributed by atoms with E-state index in [1.54, 1.807) is 11.3 Å². The third-order valence-electron chi connectivity index (χ3n) is 5.90. The van der Waals surface area contributed by atoms with Crippen LogP contribution in [-0.4, -0.2) is 23.9 Å². The number of carbonyl (C=O) groups excluding carboxylic acids is 1. The summed E-state index contributed by atoms with van der Waals surface area (Å²) in [5.74, 6) is 0.640. The van der Waals surface area contributed by atoms with Crippen molar-refractivity contribution in [1.29, 1.82) is 0 Å². The van der Waals surface area contributed by atoms with Crippen LogP contribution < -0.4 is 5.32 Å². The summed E-state index contributed by atoms with van der Waals surface area (Å²) in [6.45, 7) is 7.08. The summed E-state index contributed by atoms with van der Waals surface area (Å²) in [4.78, 5) is 15.9. The number of hydrogen-bond acceptors (Lipinski definition) is 3. The van der Waals surface area contributed by atoms with Crippen LogP contribution in [-0.2, 0) is 11.3 Å². The highest BCUT2D eigenvalue weighted by atomic mass is 32.1. The lowest BCUT2D eigenvalue weighted by Crippen LogP contribution is -2.32. The summed E-state index contributed by atoms with van der Waals surface area (Å²) in [5, 5.41) is 5.15. The number of benzene rings is 2. The Morgan fingerprint density at radius 2 is 1.83 bits per heavy atom. The molecule has 1 aromatic heterocycles. The zero-order valence-corrected chi connectivity index (χ0v) is 18.6. The second-order valence-corrected chi connectivity index (χ2v) is 9.44. The molecule has 1 N–H and O–H groups in total. The summed E-state index contributed by atoms with van der Waals surface area (Å²) in [7, 11) is 0. The Kier molecular flexibility index (Phi) is 6.66. The molecule has 0 unspecified atom stereocenters. The number of rotatable bonds is 6. The van der Waals surface area contributed by atoms with Crippen LogP contribution in [0.25, 0.3) is 10.4 Å². The quantitative estimate of drug-likeness (QED) is 0.503. The fraction of sp³-hybridized carbons (Fsp3) is 0.346. The number of anilines is 1. The first-order valence-corrected chi connectivity index (χ1v) is 11.7. The molecule has 0 radical (unpaired) electrons. The lowest BCUT2D eigenvalue weighted by atomic mass is 9.89. The first-order chi connectivity index (χ1) is 14.6. The van der Waals surface area contributed by atoms with Crippen molar-refractivity contribution >= 4 is 22.9 Å². The molecule has 1 saturated heterocycles. The summed E-state index contributed by atoms with van der Waals surface area (Å²) in [6, 6.07) is 21.7. The Bertz CT molecular complexity index is 955. The molecule has 0 bridgehead atoms. The molecule has 4 rings (SSSR count). The molecule has 3 aromatic rings. The average Bonchev–Trinajstić information content (AvgIpc) is 3.30. The minimum absolute atomic E-state index is 0.00345. The van der Waals surface area contributed by atoms with Gasteiger partial charge in [-0.25, -0.2) is 0 Å². The van der Waals surface area contributed by atoms with Crippen LogP contribution in [0.1, 0.15) is 43.7 Å². The van der Waals surface area contributed by atoms with E-state index in [2.05, 4.69) is 70.2 Å². The van der Waals surface area contributed by atoms with E-state index in [1.807, 2.05) is 19.9 Å². The molecule has 1 amide bonds. The Morgan fingerprint density at radius 1 is 1.07 bits per heavy atom. The molecular formula is C26H30N2OS. The van der Waals surface area contributed by atoms with E-state index in [-0.39, 0.29) is 11.8 Å². The molecule has 4 heteroatoms. The highest BCUT2D eigenvalue weighted by Crippen LogP contribution is 2.31. The number of nitrogens with one attached hydrogen (secondary N) is 1. The molecule has 1 fully saturated rings. The SMILES string of the molecule is CC(C)C(=O)Nc1cccc(C2CCN(Cc3ccc(-c4cccs4)cc3)CC2)c1. The largest absolute Gasteiger partial charge is 0.326 e. The highest BCUT2D eigenvalue weighted by Gasteiger charge is 2.21. The van der Waals surface area contributed by atoms with E-state index in [9.17, 15) is 4.79 Å². The van der Waals surface area contributed by atoms with Crippen LogP contribution in [0.15, 0.2) is 66.0 Å². The molecule has 1 aliphatic heterocycles. The lowest BCUT2D eigenvalue weighted by Gasteiger charge is -2.32. The maximum absolute atomic E-state index is 12.0. The van der Waals surface area contributed by atoms with Gasteiger partial charge in [-0.05, 0) is 72.1 Å². The number of piperidine rings is 1. The van der Waals surface area contributed by atoms with Gasteiger partial charge in [0.05, 0.1) is 0 Å². The molecule has 0 aliphatic carbocycles. The van der Waals surface area contributed by atoms with Gasteiger partial charge < -0.3 is 5.32 Å². The molecule has 1 aliphatic rings. The van der Waals surface area contributed by atoms with Gasteiger partial charge in [-0.2, -0.15) is 0 Å². The van der Waals surface area contributed by atoms with Crippen molar-refractivity contribution in [2.75, 3.05) is 18.4 Å². The van der Waals surface area contributed by atoms with Crippen molar-refractivity contribution in [1.82, 2.24) is 4.90 Å². The van der Waals surface area contributed by atoms with Crippen LogP contribution in [0.2, 0.25) is 0 Å². The van der Waals surface area contributed by atoms with Crippen LogP contribution in [0.3, 0.4) is 0 Å². The predicted octanol–water partition coefficient (Wildman–Crippen LogP) is 6.39. The minimum atomic E-state index is -0.00345. The van der Waals surface area contributed by atoms with Gasteiger partial charge in [0.2, 0.25) is 5.91 Å². The molecule has 0 saturated carbocycles. The number of nitrogens with zero attached hydrogens (tertiary/aromatic N) is 1. The van der Waals surface area contributed by atoms with Crippen LogP contribution >= 0.6 is 11.3 Å². The van der Waals surface area contributed by atoms with Crippen molar-refractivity contribution < 1.29 is 4.79 Å². The number of thiophene rings is 1. The number of likely N-dealkylation sites (tertiary alicyclic amines) is 1. The van der Waals surface area contributed by atoms with Gasteiger partial charge >= 0.3 is 0 Å². The van der Waals surface area contributed by atoms with E-state index < -0.39 is 0 Å². The van der Waals surface area contributed by atoms with Gasteiger partial charge in [0.1, 0.15) is 0 Å². The lowest BCUT2D eigenvalue weighted by molar-refractivity contribution is -0.118. The van der Waals surface area contributed by atoms with Crippen molar-refractivity contribution in [3.05, 3.63) is 77.2 Å². The average molecular weight is 419 g/mol. The van der Waals surface area contributed by atoms with Crippen molar-refractivity contribution in [3.8, 4) is 10.4 Å². The van der Waals surface area contributed by atoms with Crippen LogP contribution in [0, 0.1) is 5.92 Å². The Balaban J connectivity index is 1.31. The van der Waals surface area contributed by atoms with Crippen molar-refractivity contribution in [2.24, 2.45) is 5.92 Å². The summed E-state index contributed by atoms with van der Waals surface area (Å²) < 4.78 is 0. The fourth-order valence-electron chi connectivity index (χ4n) is 4.06. The highest BCUT2D eigenvalue weighted by molar-refractivity contribution is 7.13. The zero-order chi connectivity index (χ0) is 20.9. The zero-order valence-electron chi connectivity index (χ0n) is 17.8. The molecule has 2 aromatic carbocycles. The molecule has 2 heterocycles. The third-order valence-corrected chi connectivity index (χ3v) is 6.82. The predicted molar refractivity (Wildman–Crippen MR) is 127 cm³/mol. The van der Waals surface area contributed by atoms with E-state index in [1.165, 1.54) is 21.6 Å². The van der Waals surface area contributed by atoms with Crippen LogP contribution in [0.5, 0.6) is 0 Å². The van der Waals surface area contributed by atoms with Gasteiger partial charge in [0, 0.05) is 23.0 Å². The first-order valence-electron chi connectivity index (χ1n) is 10.8. The molecule has 3 nitrogen and oxygen atoms in total. The van der Waals surface area contributed by atoms with Gasteiger partial charge in [0.15, 0.2) is 0 Å². The summed E-state index contributed by atoms with van der Waals surface area (Å²) >= 11 is 1.79. The van der Waals surface area contributed by atoms with E-state index in [0.29, 0.717) is 5.92 Å². The van der Waals surface area contributed by atoms with E-state index >= 15 is 0 Å². The van der Waals surface area contributed by atoms with Gasteiger partial charge in [0.25, 0.3) is 0 Å². The summed E-state index contributed by atoms with van der Waals surface area (Å²) in [5.41, 5.74) is 4.94. The topological polar surface area (TPSA) is 32.3 Å². The normalized spacial score (nSPS) is 15.4. The minimum Gasteiger partial charge on any atom is -0.326 e. The van der Waals surface area contributed by atoms with E-state index in [0.717, 1.165) is 38.2 Å². The number of hydrogen-bond donors (Lipinski definition) is 1. The maximum atomic E-state index is 12.0. The third kappa shape index (κ3) is 5.18. The second-order valence-electron chi connectivity index (χ2n) is 8.49.